The number of aryl methyl sites for hydroxylation is 1. The van der Waals surface area contributed by atoms with E-state index in [0.717, 1.165) is 54.7 Å². The predicted octanol–water partition coefficient (Wildman–Crippen LogP) is 6.24. The van der Waals surface area contributed by atoms with E-state index in [1.807, 2.05) is 30.3 Å². The van der Waals surface area contributed by atoms with Crippen LogP contribution >= 0.6 is 0 Å². The number of aromatic carboxylic acids is 1. The molecule has 4 rings (SSSR count). The number of hydrogen-bond acceptors (Lipinski definition) is 4. The SMILES string of the molecule is CC(=O)NCCC1CCCc2ccc(OCCCCOc3cccc(-c4cccc(C(=O)O)c4)c3)cc21. The van der Waals surface area contributed by atoms with Crippen molar-refractivity contribution in [2.75, 3.05) is 19.8 Å². The number of carbonyl (C=O) groups is 2. The Morgan fingerprint density at radius 3 is 2.35 bits per heavy atom. The summed E-state index contributed by atoms with van der Waals surface area (Å²) in [6.07, 6.45) is 6.15. The Bertz CT molecular complexity index is 1220. The van der Waals surface area contributed by atoms with Crippen LogP contribution in [0.3, 0.4) is 0 Å². The van der Waals surface area contributed by atoms with Gasteiger partial charge in [0.25, 0.3) is 0 Å². The van der Waals surface area contributed by atoms with Gasteiger partial charge in [-0.25, -0.2) is 4.79 Å². The third kappa shape index (κ3) is 7.59. The number of ether oxygens (including phenoxy) is 2. The number of carboxylic acids is 1. The fraction of sp³-hybridized carbons (Fsp3) is 0.355. The average Bonchev–Trinajstić information content (AvgIpc) is 2.91. The Kier molecular flexibility index (Phi) is 9.19. The number of carbonyl (C=O) groups excluding carboxylic acids is 1. The fourth-order valence-electron chi connectivity index (χ4n) is 4.87. The van der Waals surface area contributed by atoms with Crippen LogP contribution in [0, 0.1) is 0 Å². The lowest BCUT2D eigenvalue weighted by molar-refractivity contribution is -0.118. The van der Waals surface area contributed by atoms with E-state index < -0.39 is 5.97 Å². The monoisotopic (exact) mass is 501 g/mol. The van der Waals surface area contributed by atoms with Gasteiger partial charge in [0.1, 0.15) is 11.5 Å². The number of benzene rings is 3. The van der Waals surface area contributed by atoms with Crippen LogP contribution in [0.5, 0.6) is 11.5 Å². The molecule has 194 valence electrons. The van der Waals surface area contributed by atoms with E-state index in [2.05, 4.69) is 23.5 Å². The molecule has 6 heteroatoms. The van der Waals surface area contributed by atoms with Gasteiger partial charge >= 0.3 is 5.97 Å². The first-order valence-electron chi connectivity index (χ1n) is 13.1. The van der Waals surface area contributed by atoms with Gasteiger partial charge in [-0.1, -0.05) is 30.3 Å². The van der Waals surface area contributed by atoms with E-state index in [1.54, 1.807) is 25.1 Å². The van der Waals surface area contributed by atoms with Crippen molar-refractivity contribution >= 4 is 11.9 Å². The van der Waals surface area contributed by atoms with Crippen LogP contribution in [0.15, 0.2) is 66.7 Å². The molecule has 1 aliphatic rings. The molecule has 0 saturated carbocycles. The molecule has 37 heavy (non-hydrogen) atoms. The molecule has 0 saturated heterocycles. The number of hydrogen-bond donors (Lipinski definition) is 2. The van der Waals surface area contributed by atoms with E-state index in [-0.39, 0.29) is 11.5 Å². The zero-order chi connectivity index (χ0) is 26.0. The number of carboxylic acid groups (broad SMARTS) is 1. The smallest absolute Gasteiger partial charge is 0.335 e. The van der Waals surface area contributed by atoms with Gasteiger partial charge in [0.15, 0.2) is 0 Å². The van der Waals surface area contributed by atoms with Gasteiger partial charge in [0, 0.05) is 13.5 Å². The summed E-state index contributed by atoms with van der Waals surface area (Å²) in [6, 6.07) is 21.1. The van der Waals surface area contributed by atoms with Gasteiger partial charge in [-0.05, 0) is 103 Å². The third-order valence-corrected chi connectivity index (χ3v) is 6.78. The largest absolute Gasteiger partial charge is 0.494 e. The molecule has 3 aromatic carbocycles. The maximum atomic E-state index is 11.3. The third-order valence-electron chi connectivity index (χ3n) is 6.78. The molecule has 1 aliphatic carbocycles. The quantitative estimate of drug-likeness (QED) is 0.287. The highest BCUT2D eigenvalue weighted by Crippen LogP contribution is 2.36. The van der Waals surface area contributed by atoms with E-state index in [1.165, 1.54) is 17.5 Å². The maximum Gasteiger partial charge on any atom is 0.335 e. The minimum Gasteiger partial charge on any atom is -0.494 e. The molecule has 1 amide bonds. The molecule has 3 aromatic rings. The summed E-state index contributed by atoms with van der Waals surface area (Å²) in [5.41, 5.74) is 4.80. The van der Waals surface area contributed by atoms with Gasteiger partial charge in [0.2, 0.25) is 5.91 Å². The molecule has 2 N–H and O–H groups in total. The number of fused-ring (bicyclic) bond motifs is 1. The Labute approximate surface area is 218 Å². The molecule has 1 unspecified atom stereocenters. The lowest BCUT2D eigenvalue weighted by Crippen LogP contribution is -2.23. The maximum absolute atomic E-state index is 11.3. The van der Waals surface area contributed by atoms with Crippen molar-refractivity contribution in [1.29, 1.82) is 0 Å². The topological polar surface area (TPSA) is 84.9 Å². The summed E-state index contributed by atoms with van der Waals surface area (Å²) in [6.45, 7) is 3.48. The second-order valence-electron chi connectivity index (χ2n) is 9.54. The van der Waals surface area contributed by atoms with Gasteiger partial charge < -0.3 is 19.9 Å². The highest BCUT2D eigenvalue weighted by molar-refractivity contribution is 5.89. The van der Waals surface area contributed by atoms with Gasteiger partial charge in [-0.2, -0.15) is 0 Å². The summed E-state index contributed by atoms with van der Waals surface area (Å²) < 4.78 is 12.0. The summed E-state index contributed by atoms with van der Waals surface area (Å²) in [4.78, 5) is 22.5. The summed E-state index contributed by atoms with van der Waals surface area (Å²) >= 11 is 0. The van der Waals surface area contributed by atoms with Crippen LogP contribution in [0.4, 0.5) is 0 Å². The molecule has 0 heterocycles. The van der Waals surface area contributed by atoms with Crippen LogP contribution < -0.4 is 14.8 Å². The van der Waals surface area contributed by atoms with Crippen LogP contribution in [-0.2, 0) is 11.2 Å². The molecule has 0 bridgehead atoms. The van der Waals surface area contributed by atoms with E-state index in [4.69, 9.17) is 9.47 Å². The second kappa shape index (κ2) is 12.9. The van der Waals surface area contributed by atoms with Crippen molar-refractivity contribution in [1.82, 2.24) is 5.32 Å². The first-order valence-corrected chi connectivity index (χ1v) is 13.1. The van der Waals surface area contributed by atoms with E-state index >= 15 is 0 Å². The van der Waals surface area contributed by atoms with Crippen LogP contribution in [-0.4, -0.2) is 36.7 Å². The standard InChI is InChI=1S/C31H35NO5/c1-22(33)32-16-15-24-8-4-7-23-13-14-29(21-30(23)24)37-18-3-2-17-36-28-12-6-10-26(20-28)25-9-5-11-27(19-25)31(34)35/h5-6,9-14,19-21,24H,2-4,7-8,15-18H2,1H3,(H,32,33)(H,34,35). The highest BCUT2D eigenvalue weighted by Gasteiger charge is 2.20. The number of amides is 1. The Hall–Kier alpha value is -3.80. The molecule has 6 nitrogen and oxygen atoms in total. The lowest BCUT2D eigenvalue weighted by Gasteiger charge is -2.26. The van der Waals surface area contributed by atoms with Crippen LogP contribution in [0.25, 0.3) is 11.1 Å². The second-order valence-corrected chi connectivity index (χ2v) is 9.54. The van der Waals surface area contributed by atoms with Crippen molar-refractivity contribution in [2.24, 2.45) is 0 Å². The first kappa shape index (κ1) is 26.3. The zero-order valence-corrected chi connectivity index (χ0v) is 21.4. The van der Waals surface area contributed by atoms with E-state index in [9.17, 15) is 14.7 Å². The van der Waals surface area contributed by atoms with Crippen LogP contribution in [0.1, 0.15) is 66.4 Å². The van der Waals surface area contributed by atoms with Gasteiger partial charge in [-0.15, -0.1) is 0 Å². The molecule has 0 spiro atoms. The van der Waals surface area contributed by atoms with E-state index in [0.29, 0.717) is 25.7 Å². The molecule has 0 aromatic heterocycles. The molecule has 1 atom stereocenters. The molecule has 0 radical (unpaired) electrons. The molecule has 0 aliphatic heterocycles. The van der Waals surface area contributed by atoms with Crippen molar-refractivity contribution < 1.29 is 24.2 Å². The number of rotatable bonds is 12. The predicted molar refractivity (Wildman–Crippen MR) is 144 cm³/mol. The van der Waals surface area contributed by atoms with Crippen molar-refractivity contribution in [2.45, 2.75) is 51.4 Å². The average molecular weight is 502 g/mol. The van der Waals surface area contributed by atoms with Gasteiger partial charge in [0.05, 0.1) is 18.8 Å². The lowest BCUT2D eigenvalue weighted by atomic mass is 9.81. The Morgan fingerprint density at radius 2 is 1.62 bits per heavy atom. The zero-order valence-electron chi connectivity index (χ0n) is 21.4. The summed E-state index contributed by atoms with van der Waals surface area (Å²) in [7, 11) is 0. The first-order chi connectivity index (χ1) is 18.0. The van der Waals surface area contributed by atoms with Crippen molar-refractivity contribution in [3.05, 3.63) is 83.4 Å². The van der Waals surface area contributed by atoms with Crippen molar-refractivity contribution in [3.8, 4) is 22.6 Å². The molecular weight excluding hydrogens is 466 g/mol. The summed E-state index contributed by atoms with van der Waals surface area (Å²) in [5, 5.41) is 12.2. The Balaban J connectivity index is 1.22. The number of unbranched alkanes of at least 4 members (excludes halogenated alkanes) is 1. The van der Waals surface area contributed by atoms with Crippen molar-refractivity contribution in [3.63, 3.8) is 0 Å². The Morgan fingerprint density at radius 1 is 0.919 bits per heavy atom. The van der Waals surface area contributed by atoms with Gasteiger partial charge in [-0.3, -0.25) is 4.79 Å². The minimum atomic E-state index is -0.936. The normalized spacial score (nSPS) is 14.5. The molecule has 0 fully saturated rings. The highest BCUT2D eigenvalue weighted by atomic mass is 16.5. The molecular formula is C31H35NO5. The fourth-order valence-corrected chi connectivity index (χ4v) is 4.87. The summed E-state index contributed by atoms with van der Waals surface area (Å²) in [5.74, 6) is 1.22. The number of nitrogens with one attached hydrogen (secondary N) is 1. The van der Waals surface area contributed by atoms with Crippen LogP contribution in [0.2, 0.25) is 0 Å². The minimum absolute atomic E-state index is 0.0234.